The van der Waals surface area contributed by atoms with Crippen molar-refractivity contribution >= 4 is 11.6 Å². The van der Waals surface area contributed by atoms with Gasteiger partial charge in [-0.2, -0.15) is 0 Å². The number of β-amino-alcohol motifs (C(OH)–C–C–N with tert-alkyl or cyclic N) is 1. The van der Waals surface area contributed by atoms with Crippen molar-refractivity contribution in [2.24, 2.45) is 0 Å². The average Bonchev–Trinajstić information content (AvgIpc) is 2.22. The standard InChI is InChI=1S/C12H15NO2/c1-9(14)8-13-11-5-3-2-4-10(11)6-7-12(13)15/h2-5,9,14H,6-8H2,1H3/t9-/m1/s1. The van der Waals surface area contributed by atoms with Crippen molar-refractivity contribution < 1.29 is 9.90 Å². The number of nitrogens with zero attached hydrogens (tertiary/aromatic N) is 1. The van der Waals surface area contributed by atoms with Crippen LogP contribution in [0.1, 0.15) is 18.9 Å². The van der Waals surface area contributed by atoms with Gasteiger partial charge in [0.05, 0.1) is 12.6 Å². The van der Waals surface area contributed by atoms with Crippen LogP contribution < -0.4 is 4.90 Å². The van der Waals surface area contributed by atoms with E-state index in [2.05, 4.69) is 0 Å². The number of carbonyl (C=O) groups is 1. The van der Waals surface area contributed by atoms with Gasteiger partial charge in [-0.3, -0.25) is 4.79 Å². The molecule has 0 bridgehead atoms. The fraction of sp³-hybridized carbons (Fsp3) is 0.417. The molecule has 0 spiro atoms. The Hall–Kier alpha value is -1.35. The quantitative estimate of drug-likeness (QED) is 0.791. The van der Waals surface area contributed by atoms with Crippen LogP contribution in [0.2, 0.25) is 0 Å². The SMILES string of the molecule is C[C@@H](O)CN1C(=O)CCc2ccccc21. The van der Waals surface area contributed by atoms with E-state index in [9.17, 15) is 9.90 Å². The van der Waals surface area contributed by atoms with Gasteiger partial charge in [0.15, 0.2) is 0 Å². The van der Waals surface area contributed by atoms with Crippen molar-refractivity contribution in [3.05, 3.63) is 29.8 Å². The summed E-state index contributed by atoms with van der Waals surface area (Å²) in [5.41, 5.74) is 2.15. The second-order valence-electron chi connectivity index (χ2n) is 3.98. The Labute approximate surface area is 89.3 Å². The molecule has 1 aromatic carbocycles. The van der Waals surface area contributed by atoms with E-state index in [4.69, 9.17) is 0 Å². The lowest BCUT2D eigenvalue weighted by molar-refractivity contribution is -0.119. The van der Waals surface area contributed by atoms with Crippen LogP contribution in [0.4, 0.5) is 5.69 Å². The van der Waals surface area contributed by atoms with Gasteiger partial charge in [-0.15, -0.1) is 0 Å². The van der Waals surface area contributed by atoms with Crippen LogP contribution in [0.25, 0.3) is 0 Å². The van der Waals surface area contributed by atoms with Crippen LogP contribution in [-0.2, 0) is 11.2 Å². The molecule has 0 fully saturated rings. The maximum absolute atomic E-state index is 11.7. The Balaban J connectivity index is 2.33. The van der Waals surface area contributed by atoms with Gasteiger partial charge in [-0.05, 0) is 25.0 Å². The zero-order valence-electron chi connectivity index (χ0n) is 8.81. The molecule has 1 amide bonds. The molecule has 3 nitrogen and oxygen atoms in total. The van der Waals surface area contributed by atoms with Crippen molar-refractivity contribution in [2.75, 3.05) is 11.4 Å². The lowest BCUT2D eigenvalue weighted by Gasteiger charge is -2.30. The smallest absolute Gasteiger partial charge is 0.227 e. The Bertz CT molecular complexity index is 374. The first-order valence-corrected chi connectivity index (χ1v) is 5.25. The highest BCUT2D eigenvalue weighted by atomic mass is 16.3. The Morgan fingerprint density at radius 3 is 2.87 bits per heavy atom. The number of fused-ring (bicyclic) bond motifs is 1. The number of anilines is 1. The highest BCUT2D eigenvalue weighted by Crippen LogP contribution is 2.27. The van der Waals surface area contributed by atoms with Gasteiger partial charge in [-0.25, -0.2) is 0 Å². The molecule has 1 heterocycles. The monoisotopic (exact) mass is 205 g/mol. The van der Waals surface area contributed by atoms with E-state index in [0.717, 1.165) is 12.1 Å². The van der Waals surface area contributed by atoms with Gasteiger partial charge in [0.2, 0.25) is 5.91 Å². The third-order valence-electron chi connectivity index (χ3n) is 2.64. The third kappa shape index (κ3) is 2.02. The summed E-state index contributed by atoms with van der Waals surface area (Å²) in [5, 5.41) is 9.35. The molecule has 0 aromatic heterocycles. The van der Waals surface area contributed by atoms with Gasteiger partial charge in [-0.1, -0.05) is 18.2 Å². The van der Waals surface area contributed by atoms with E-state index in [-0.39, 0.29) is 5.91 Å². The lowest BCUT2D eigenvalue weighted by atomic mass is 10.0. The fourth-order valence-electron chi connectivity index (χ4n) is 1.96. The first-order chi connectivity index (χ1) is 7.18. The van der Waals surface area contributed by atoms with Crippen LogP contribution >= 0.6 is 0 Å². The molecule has 2 rings (SSSR count). The van der Waals surface area contributed by atoms with E-state index in [0.29, 0.717) is 13.0 Å². The molecule has 0 radical (unpaired) electrons. The predicted octanol–water partition coefficient (Wildman–Crippen LogP) is 1.35. The van der Waals surface area contributed by atoms with E-state index in [1.54, 1.807) is 11.8 Å². The first kappa shape index (κ1) is 10.2. The number of aliphatic hydroxyl groups excluding tert-OH is 1. The molecule has 0 saturated carbocycles. The Morgan fingerprint density at radius 1 is 1.40 bits per heavy atom. The maximum atomic E-state index is 11.7. The van der Waals surface area contributed by atoms with Crippen molar-refractivity contribution in [3.63, 3.8) is 0 Å². The molecule has 15 heavy (non-hydrogen) atoms. The molecule has 0 saturated heterocycles. The minimum atomic E-state index is -0.486. The zero-order chi connectivity index (χ0) is 10.8. The van der Waals surface area contributed by atoms with Gasteiger partial charge < -0.3 is 10.0 Å². The highest BCUT2D eigenvalue weighted by molar-refractivity contribution is 5.96. The second kappa shape index (κ2) is 4.03. The van der Waals surface area contributed by atoms with Gasteiger partial charge in [0.25, 0.3) is 0 Å². The van der Waals surface area contributed by atoms with Gasteiger partial charge in [0.1, 0.15) is 0 Å². The molecule has 3 heteroatoms. The number of aliphatic hydroxyl groups is 1. The third-order valence-corrected chi connectivity index (χ3v) is 2.64. The molecule has 1 N–H and O–H groups in total. The average molecular weight is 205 g/mol. The summed E-state index contributed by atoms with van der Waals surface area (Å²) in [4.78, 5) is 13.4. The topological polar surface area (TPSA) is 40.5 Å². The Kier molecular flexibility index (Phi) is 2.73. The molecule has 1 atom stereocenters. The highest BCUT2D eigenvalue weighted by Gasteiger charge is 2.24. The summed E-state index contributed by atoms with van der Waals surface area (Å²) >= 11 is 0. The molecule has 0 aliphatic carbocycles. The lowest BCUT2D eigenvalue weighted by Crippen LogP contribution is -2.39. The summed E-state index contributed by atoms with van der Waals surface area (Å²) in [6.07, 6.45) is 0.870. The summed E-state index contributed by atoms with van der Waals surface area (Å²) < 4.78 is 0. The van der Waals surface area contributed by atoms with Crippen LogP contribution in [-0.4, -0.2) is 23.7 Å². The molecule has 80 valence electrons. The number of para-hydroxylation sites is 1. The van der Waals surface area contributed by atoms with E-state index >= 15 is 0 Å². The largest absolute Gasteiger partial charge is 0.392 e. The summed E-state index contributed by atoms with van der Waals surface area (Å²) in [7, 11) is 0. The molecular formula is C12H15NO2. The number of amides is 1. The summed E-state index contributed by atoms with van der Waals surface area (Å²) in [6.45, 7) is 2.08. The summed E-state index contributed by atoms with van der Waals surface area (Å²) in [5.74, 6) is 0.106. The molecule has 1 aliphatic heterocycles. The number of aryl methyl sites for hydroxylation is 1. The van der Waals surface area contributed by atoms with Crippen molar-refractivity contribution in [2.45, 2.75) is 25.9 Å². The van der Waals surface area contributed by atoms with Gasteiger partial charge in [0, 0.05) is 12.1 Å². The van der Waals surface area contributed by atoms with Crippen LogP contribution in [0, 0.1) is 0 Å². The van der Waals surface area contributed by atoms with Crippen LogP contribution in [0.3, 0.4) is 0 Å². The molecule has 0 unspecified atom stereocenters. The van der Waals surface area contributed by atoms with Gasteiger partial charge >= 0.3 is 0 Å². The van der Waals surface area contributed by atoms with Crippen molar-refractivity contribution in [1.82, 2.24) is 0 Å². The minimum Gasteiger partial charge on any atom is -0.392 e. The molecule has 1 aromatic rings. The van der Waals surface area contributed by atoms with Crippen molar-refractivity contribution in [3.8, 4) is 0 Å². The molecule has 1 aliphatic rings. The fourth-order valence-corrected chi connectivity index (χ4v) is 1.96. The molecular weight excluding hydrogens is 190 g/mol. The number of benzene rings is 1. The predicted molar refractivity (Wildman–Crippen MR) is 58.8 cm³/mol. The number of rotatable bonds is 2. The normalized spacial score (nSPS) is 17.5. The minimum absolute atomic E-state index is 0.106. The number of hydrogen-bond acceptors (Lipinski definition) is 2. The first-order valence-electron chi connectivity index (χ1n) is 5.25. The Morgan fingerprint density at radius 2 is 2.13 bits per heavy atom. The summed E-state index contributed by atoms with van der Waals surface area (Å²) in [6, 6.07) is 7.88. The van der Waals surface area contributed by atoms with Crippen LogP contribution in [0.15, 0.2) is 24.3 Å². The van der Waals surface area contributed by atoms with E-state index < -0.39 is 6.10 Å². The van der Waals surface area contributed by atoms with E-state index in [1.807, 2.05) is 24.3 Å². The maximum Gasteiger partial charge on any atom is 0.227 e. The van der Waals surface area contributed by atoms with E-state index in [1.165, 1.54) is 5.56 Å². The number of carbonyl (C=O) groups excluding carboxylic acids is 1. The van der Waals surface area contributed by atoms with Crippen LogP contribution in [0.5, 0.6) is 0 Å². The number of hydrogen-bond donors (Lipinski definition) is 1. The second-order valence-corrected chi connectivity index (χ2v) is 3.98. The zero-order valence-corrected chi connectivity index (χ0v) is 8.81. The van der Waals surface area contributed by atoms with Crippen molar-refractivity contribution in [1.29, 1.82) is 0 Å².